The summed E-state index contributed by atoms with van der Waals surface area (Å²) in [4.78, 5) is 14.2. The van der Waals surface area contributed by atoms with Crippen LogP contribution in [0.5, 0.6) is 0 Å². The Morgan fingerprint density at radius 2 is 1.81 bits per heavy atom. The van der Waals surface area contributed by atoms with Crippen molar-refractivity contribution < 1.29 is 4.79 Å². The van der Waals surface area contributed by atoms with Crippen LogP contribution in [0.15, 0.2) is 48.5 Å². The summed E-state index contributed by atoms with van der Waals surface area (Å²) in [7, 11) is 3.91. The summed E-state index contributed by atoms with van der Waals surface area (Å²) in [5, 5.41) is 2.86. The molecular weight excluding hydrogens is 262 g/mol. The third kappa shape index (κ3) is 3.83. The van der Waals surface area contributed by atoms with Crippen LogP contribution in [0.2, 0.25) is 0 Å². The zero-order chi connectivity index (χ0) is 15.4. The number of carbonyl (C=O) groups is 1. The molecule has 1 amide bonds. The van der Waals surface area contributed by atoms with Crippen LogP contribution >= 0.6 is 0 Å². The summed E-state index contributed by atoms with van der Waals surface area (Å²) in [5.41, 5.74) is 9.73. The van der Waals surface area contributed by atoms with Crippen molar-refractivity contribution in [2.24, 2.45) is 5.73 Å². The fourth-order valence-corrected chi connectivity index (χ4v) is 2.01. The molecule has 110 valence electrons. The standard InChI is InChI=1S/C17H21N3O/c1-12-7-9-13(10-8-12)16(18)17(21)19-14-5-4-6-15(11-14)20(2)3/h4-11,16H,18H2,1-3H3,(H,19,21). The molecule has 4 heteroatoms. The minimum absolute atomic E-state index is 0.213. The molecule has 2 aromatic carbocycles. The minimum atomic E-state index is -0.673. The lowest BCUT2D eigenvalue weighted by atomic mass is 10.1. The van der Waals surface area contributed by atoms with Crippen molar-refractivity contribution in [2.45, 2.75) is 13.0 Å². The number of carbonyl (C=O) groups excluding carboxylic acids is 1. The number of nitrogens with two attached hydrogens (primary N) is 1. The fourth-order valence-electron chi connectivity index (χ4n) is 2.01. The molecule has 0 fully saturated rings. The molecule has 4 nitrogen and oxygen atoms in total. The molecule has 3 N–H and O–H groups in total. The molecule has 0 radical (unpaired) electrons. The third-order valence-electron chi connectivity index (χ3n) is 3.35. The highest BCUT2D eigenvalue weighted by Crippen LogP contribution is 2.19. The minimum Gasteiger partial charge on any atom is -0.378 e. The SMILES string of the molecule is Cc1ccc(C(N)C(=O)Nc2cccc(N(C)C)c2)cc1. The van der Waals surface area contributed by atoms with Gasteiger partial charge in [0.2, 0.25) is 5.91 Å². The Kier molecular flexibility index (Phi) is 4.60. The molecule has 0 saturated heterocycles. The third-order valence-corrected chi connectivity index (χ3v) is 3.35. The van der Waals surface area contributed by atoms with E-state index in [1.165, 1.54) is 0 Å². The molecule has 21 heavy (non-hydrogen) atoms. The predicted molar refractivity (Wildman–Crippen MR) is 87.5 cm³/mol. The van der Waals surface area contributed by atoms with E-state index >= 15 is 0 Å². The molecule has 1 atom stereocenters. The van der Waals surface area contributed by atoms with Crippen LogP contribution in [0.3, 0.4) is 0 Å². The van der Waals surface area contributed by atoms with Gasteiger partial charge in [0, 0.05) is 25.5 Å². The van der Waals surface area contributed by atoms with Gasteiger partial charge in [-0.15, -0.1) is 0 Å². The van der Waals surface area contributed by atoms with Gasteiger partial charge in [-0.3, -0.25) is 4.79 Å². The smallest absolute Gasteiger partial charge is 0.245 e. The van der Waals surface area contributed by atoms with Crippen molar-refractivity contribution in [2.75, 3.05) is 24.3 Å². The normalized spacial score (nSPS) is 11.8. The summed E-state index contributed by atoms with van der Waals surface area (Å²) in [5.74, 6) is -0.213. The van der Waals surface area contributed by atoms with Crippen molar-refractivity contribution in [1.82, 2.24) is 0 Å². The average molecular weight is 283 g/mol. The monoisotopic (exact) mass is 283 g/mol. The molecule has 1 unspecified atom stereocenters. The number of nitrogens with zero attached hydrogens (tertiary/aromatic N) is 1. The largest absolute Gasteiger partial charge is 0.378 e. The first-order chi connectivity index (χ1) is 9.97. The van der Waals surface area contributed by atoms with Crippen molar-refractivity contribution in [3.8, 4) is 0 Å². The van der Waals surface area contributed by atoms with Gasteiger partial charge in [-0.2, -0.15) is 0 Å². The number of hydrogen-bond acceptors (Lipinski definition) is 3. The Morgan fingerprint density at radius 1 is 1.14 bits per heavy atom. The highest BCUT2D eigenvalue weighted by Gasteiger charge is 2.15. The van der Waals surface area contributed by atoms with Gasteiger partial charge in [0.15, 0.2) is 0 Å². The second kappa shape index (κ2) is 6.41. The lowest BCUT2D eigenvalue weighted by molar-refractivity contribution is -0.117. The Bertz CT molecular complexity index is 620. The quantitative estimate of drug-likeness (QED) is 0.907. The van der Waals surface area contributed by atoms with Crippen LogP contribution in [0.25, 0.3) is 0 Å². The van der Waals surface area contributed by atoms with Gasteiger partial charge in [0.1, 0.15) is 6.04 Å². The first-order valence-corrected chi connectivity index (χ1v) is 6.88. The van der Waals surface area contributed by atoms with Crippen molar-refractivity contribution >= 4 is 17.3 Å². The van der Waals surface area contributed by atoms with E-state index in [9.17, 15) is 4.79 Å². The maximum atomic E-state index is 12.2. The molecule has 0 aromatic heterocycles. The number of nitrogens with one attached hydrogen (secondary N) is 1. The highest BCUT2D eigenvalue weighted by molar-refractivity contribution is 5.95. The molecule has 0 spiro atoms. The molecule has 2 rings (SSSR count). The fraction of sp³-hybridized carbons (Fsp3) is 0.235. The molecule has 0 saturated carbocycles. The summed E-state index contributed by atoms with van der Waals surface area (Å²) >= 11 is 0. The molecule has 2 aromatic rings. The number of rotatable bonds is 4. The van der Waals surface area contributed by atoms with Crippen LogP contribution in [0.1, 0.15) is 17.2 Å². The van der Waals surface area contributed by atoms with Crippen molar-refractivity contribution in [1.29, 1.82) is 0 Å². The van der Waals surface area contributed by atoms with Gasteiger partial charge in [-0.25, -0.2) is 0 Å². The van der Waals surface area contributed by atoms with E-state index in [0.29, 0.717) is 0 Å². The summed E-state index contributed by atoms with van der Waals surface area (Å²) in [6.45, 7) is 2.00. The van der Waals surface area contributed by atoms with Gasteiger partial charge in [0.05, 0.1) is 0 Å². The molecular formula is C17H21N3O. The zero-order valence-corrected chi connectivity index (χ0v) is 12.6. The maximum absolute atomic E-state index is 12.2. The van der Waals surface area contributed by atoms with Crippen LogP contribution in [-0.4, -0.2) is 20.0 Å². The maximum Gasteiger partial charge on any atom is 0.245 e. The summed E-state index contributed by atoms with van der Waals surface area (Å²) in [6.07, 6.45) is 0. The van der Waals surface area contributed by atoms with E-state index in [2.05, 4.69) is 5.32 Å². The molecule has 0 heterocycles. The summed E-state index contributed by atoms with van der Waals surface area (Å²) < 4.78 is 0. The van der Waals surface area contributed by atoms with Crippen LogP contribution in [0.4, 0.5) is 11.4 Å². The van der Waals surface area contributed by atoms with E-state index in [-0.39, 0.29) is 5.91 Å². The number of aryl methyl sites for hydroxylation is 1. The van der Waals surface area contributed by atoms with Gasteiger partial charge in [-0.1, -0.05) is 35.9 Å². The van der Waals surface area contributed by atoms with Crippen LogP contribution in [-0.2, 0) is 4.79 Å². The lowest BCUT2D eigenvalue weighted by Crippen LogP contribution is -2.27. The van der Waals surface area contributed by atoms with E-state index in [0.717, 1.165) is 22.5 Å². The van der Waals surface area contributed by atoms with Crippen molar-refractivity contribution in [3.05, 3.63) is 59.7 Å². The second-order valence-electron chi connectivity index (χ2n) is 5.32. The second-order valence-corrected chi connectivity index (χ2v) is 5.32. The Balaban J connectivity index is 2.10. The molecule has 0 aliphatic rings. The Labute approximate surface area is 125 Å². The topological polar surface area (TPSA) is 58.4 Å². The predicted octanol–water partition coefficient (Wildman–Crippen LogP) is 2.70. The highest BCUT2D eigenvalue weighted by atomic mass is 16.2. The van der Waals surface area contributed by atoms with E-state index in [4.69, 9.17) is 5.73 Å². The number of benzene rings is 2. The van der Waals surface area contributed by atoms with Gasteiger partial charge in [0.25, 0.3) is 0 Å². The van der Waals surface area contributed by atoms with E-state index < -0.39 is 6.04 Å². The molecule has 0 aliphatic carbocycles. The van der Waals surface area contributed by atoms with Crippen molar-refractivity contribution in [3.63, 3.8) is 0 Å². The van der Waals surface area contributed by atoms with Gasteiger partial charge < -0.3 is 16.0 Å². The molecule has 0 bridgehead atoms. The average Bonchev–Trinajstić information content (AvgIpc) is 2.47. The first kappa shape index (κ1) is 15.1. The van der Waals surface area contributed by atoms with Gasteiger partial charge >= 0.3 is 0 Å². The molecule has 0 aliphatic heterocycles. The zero-order valence-electron chi connectivity index (χ0n) is 12.6. The lowest BCUT2D eigenvalue weighted by Gasteiger charge is -2.16. The van der Waals surface area contributed by atoms with E-state index in [1.807, 2.05) is 74.4 Å². The number of hydrogen-bond donors (Lipinski definition) is 2. The van der Waals surface area contributed by atoms with Gasteiger partial charge in [-0.05, 0) is 30.7 Å². The van der Waals surface area contributed by atoms with Crippen LogP contribution in [0, 0.1) is 6.92 Å². The van der Waals surface area contributed by atoms with Crippen LogP contribution < -0.4 is 16.0 Å². The van der Waals surface area contributed by atoms with E-state index in [1.54, 1.807) is 0 Å². The Morgan fingerprint density at radius 3 is 2.43 bits per heavy atom. The summed E-state index contributed by atoms with van der Waals surface area (Å²) in [6, 6.07) is 14.7. The number of anilines is 2. The first-order valence-electron chi connectivity index (χ1n) is 6.88. The number of amides is 1. The Hall–Kier alpha value is -2.33.